The van der Waals surface area contributed by atoms with Crippen molar-refractivity contribution in [1.82, 2.24) is 9.97 Å². The fourth-order valence-electron chi connectivity index (χ4n) is 2.34. The minimum atomic E-state index is 0. The first-order valence-corrected chi connectivity index (χ1v) is 6.76. The van der Waals surface area contributed by atoms with Crippen LogP contribution in [0.3, 0.4) is 0 Å². The number of unbranched alkanes of at least 4 members (excludes halogenated alkanes) is 1. The van der Waals surface area contributed by atoms with Gasteiger partial charge in [0.25, 0.3) is 0 Å². The van der Waals surface area contributed by atoms with Crippen molar-refractivity contribution in [2.75, 3.05) is 5.73 Å². The summed E-state index contributed by atoms with van der Waals surface area (Å²) in [4.78, 5) is 8.24. The molecule has 4 nitrogen and oxygen atoms in total. The molecule has 0 bridgehead atoms. The third-order valence-electron chi connectivity index (χ3n) is 3.40. The zero-order valence-corrected chi connectivity index (χ0v) is 13.9. The molecule has 0 aromatic carbocycles. The normalized spacial score (nSPS) is 11.1. The number of rotatable bonds is 5. The highest BCUT2D eigenvalue weighted by atomic mass is 35.5. The van der Waals surface area contributed by atoms with E-state index in [1.165, 1.54) is 12.0 Å². The highest BCUT2D eigenvalue weighted by Gasteiger charge is 2.25. The van der Waals surface area contributed by atoms with Gasteiger partial charge in [0.1, 0.15) is 12.1 Å². The predicted molar refractivity (Wildman–Crippen MR) is 82.7 cm³/mol. The quantitative estimate of drug-likeness (QED) is 0.777. The van der Waals surface area contributed by atoms with Crippen molar-refractivity contribution >= 4 is 18.2 Å². The Bertz CT molecular complexity index is 503. The third kappa shape index (κ3) is 4.83. The average molecular weight is 329 g/mol. The summed E-state index contributed by atoms with van der Waals surface area (Å²) >= 11 is 0. The van der Waals surface area contributed by atoms with Crippen molar-refractivity contribution in [2.24, 2.45) is 0 Å². The van der Waals surface area contributed by atoms with Crippen LogP contribution >= 0.6 is 12.4 Å². The lowest BCUT2D eigenvalue weighted by molar-refractivity contribution is -0.720. The number of anilines is 1. The lowest BCUT2D eigenvalue weighted by Crippen LogP contribution is -3.00. The summed E-state index contributed by atoms with van der Waals surface area (Å²) < 4.78 is 2.25. The second-order valence-corrected chi connectivity index (χ2v) is 4.77. The van der Waals surface area contributed by atoms with Crippen LogP contribution in [0.5, 0.6) is 0 Å². The van der Waals surface area contributed by atoms with E-state index in [0.717, 1.165) is 24.8 Å². The van der Waals surface area contributed by atoms with Gasteiger partial charge in [-0.2, -0.15) is 4.57 Å². The Labute approximate surface area is 138 Å². The Kier molecular flexibility index (Phi) is 8.90. The van der Waals surface area contributed by atoms with Gasteiger partial charge in [-0.1, -0.05) is 19.4 Å². The van der Waals surface area contributed by atoms with E-state index in [1.807, 2.05) is 18.3 Å². The summed E-state index contributed by atoms with van der Waals surface area (Å²) in [5.74, 6) is 0.576. The summed E-state index contributed by atoms with van der Waals surface area (Å²) in [5.41, 5.74) is 8.24. The molecule has 0 saturated carbocycles. The number of hydrogen-bond acceptors (Lipinski definition) is 3. The zero-order valence-electron chi connectivity index (χ0n) is 12.4. The smallest absolute Gasteiger partial charge is 0.188 e. The number of hydrogen-bond donors (Lipinski definition) is 1. The number of nitrogen functional groups attached to an aromatic ring is 1. The standard InChI is InChI=1S/C15H21N4.2ClH/c1-3-4-8-14(13-10-17-11-18-15(13)16)19-9-6-5-7-12(19)2;;/h5-7,9-11,14H,3-4,8H2,1-2H3,(H2,16,17,18);2*1H/q+1;;/p-1. The molecule has 2 aromatic heterocycles. The Morgan fingerprint density at radius 3 is 2.71 bits per heavy atom. The third-order valence-corrected chi connectivity index (χ3v) is 3.40. The van der Waals surface area contributed by atoms with Gasteiger partial charge in [-0.05, 0) is 6.42 Å². The number of aromatic nitrogens is 3. The SMILES string of the molecule is CCCCC(c1cncnc1N)[n+]1ccccc1C.Cl.[Cl-]. The minimum Gasteiger partial charge on any atom is -1.00 e. The molecule has 1 unspecified atom stereocenters. The molecule has 0 aliphatic heterocycles. The maximum Gasteiger partial charge on any atom is 0.188 e. The Hall–Kier alpha value is -1.39. The largest absolute Gasteiger partial charge is 1.00 e. The Balaban J connectivity index is 0.00000200. The first-order chi connectivity index (χ1) is 9.24. The number of aryl methyl sites for hydroxylation is 1. The van der Waals surface area contributed by atoms with Gasteiger partial charge in [0.15, 0.2) is 17.9 Å². The fraction of sp³-hybridized carbons (Fsp3) is 0.400. The van der Waals surface area contributed by atoms with Crippen molar-refractivity contribution in [3.05, 3.63) is 48.2 Å². The predicted octanol–water partition coefficient (Wildman–Crippen LogP) is -0.140. The Morgan fingerprint density at radius 1 is 1.33 bits per heavy atom. The van der Waals surface area contributed by atoms with Crippen molar-refractivity contribution in [3.63, 3.8) is 0 Å². The first-order valence-electron chi connectivity index (χ1n) is 6.76. The molecule has 0 aliphatic rings. The maximum atomic E-state index is 6.02. The van der Waals surface area contributed by atoms with Crippen molar-refractivity contribution < 1.29 is 17.0 Å². The minimum absolute atomic E-state index is 0. The van der Waals surface area contributed by atoms with Crippen LogP contribution in [0.25, 0.3) is 0 Å². The number of pyridine rings is 1. The fourth-order valence-corrected chi connectivity index (χ4v) is 2.34. The molecule has 2 aromatic rings. The van der Waals surface area contributed by atoms with Crippen LogP contribution < -0.4 is 22.7 Å². The lowest BCUT2D eigenvalue weighted by Gasteiger charge is -2.15. The van der Waals surface area contributed by atoms with Gasteiger partial charge in [-0.25, -0.2) is 9.97 Å². The van der Waals surface area contributed by atoms with E-state index in [2.05, 4.69) is 40.6 Å². The van der Waals surface area contributed by atoms with Gasteiger partial charge in [-0.3, -0.25) is 0 Å². The van der Waals surface area contributed by atoms with Crippen LogP contribution in [0.2, 0.25) is 0 Å². The van der Waals surface area contributed by atoms with Crippen LogP contribution in [0.4, 0.5) is 5.82 Å². The van der Waals surface area contributed by atoms with E-state index in [-0.39, 0.29) is 30.9 Å². The van der Waals surface area contributed by atoms with Crippen LogP contribution in [0.1, 0.15) is 43.5 Å². The Morgan fingerprint density at radius 2 is 2.10 bits per heavy atom. The molecule has 0 saturated heterocycles. The molecule has 0 fully saturated rings. The number of halogens is 2. The molecule has 0 radical (unpaired) electrons. The molecule has 0 aliphatic carbocycles. The molecule has 2 rings (SSSR count). The molecule has 0 spiro atoms. The number of nitrogens with two attached hydrogens (primary N) is 1. The van der Waals surface area contributed by atoms with Gasteiger partial charge in [0.05, 0.1) is 5.56 Å². The van der Waals surface area contributed by atoms with Gasteiger partial charge >= 0.3 is 0 Å². The van der Waals surface area contributed by atoms with E-state index < -0.39 is 0 Å². The summed E-state index contributed by atoms with van der Waals surface area (Å²) in [6, 6.07) is 6.42. The van der Waals surface area contributed by atoms with E-state index in [0.29, 0.717) is 5.82 Å². The summed E-state index contributed by atoms with van der Waals surface area (Å²) in [6.45, 7) is 4.31. The highest BCUT2D eigenvalue weighted by Crippen LogP contribution is 2.22. The highest BCUT2D eigenvalue weighted by molar-refractivity contribution is 5.85. The first kappa shape index (κ1) is 19.6. The van der Waals surface area contributed by atoms with E-state index >= 15 is 0 Å². The van der Waals surface area contributed by atoms with Gasteiger partial charge in [0.2, 0.25) is 0 Å². The second-order valence-electron chi connectivity index (χ2n) is 4.77. The van der Waals surface area contributed by atoms with Gasteiger partial charge < -0.3 is 18.1 Å². The van der Waals surface area contributed by atoms with E-state index in [9.17, 15) is 0 Å². The van der Waals surface area contributed by atoms with E-state index in [1.54, 1.807) is 0 Å². The van der Waals surface area contributed by atoms with Crippen molar-refractivity contribution in [1.29, 1.82) is 0 Å². The van der Waals surface area contributed by atoms with Crippen LogP contribution in [0.15, 0.2) is 36.9 Å². The molecule has 6 heteroatoms. The van der Waals surface area contributed by atoms with E-state index in [4.69, 9.17) is 5.73 Å². The zero-order chi connectivity index (χ0) is 13.7. The topological polar surface area (TPSA) is 55.7 Å². The van der Waals surface area contributed by atoms with Crippen LogP contribution in [-0.4, -0.2) is 9.97 Å². The van der Waals surface area contributed by atoms with Gasteiger partial charge in [0, 0.05) is 31.7 Å². The molecule has 1 atom stereocenters. The molecule has 2 N–H and O–H groups in total. The molecular weight excluding hydrogens is 307 g/mol. The average Bonchev–Trinajstić information content (AvgIpc) is 2.42. The summed E-state index contributed by atoms with van der Waals surface area (Å²) in [5, 5.41) is 0. The summed E-state index contributed by atoms with van der Waals surface area (Å²) in [7, 11) is 0. The molecule has 116 valence electrons. The van der Waals surface area contributed by atoms with Crippen LogP contribution in [0, 0.1) is 6.92 Å². The lowest BCUT2D eigenvalue weighted by atomic mass is 10.0. The molecule has 0 amide bonds. The maximum absolute atomic E-state index is 6.02. The molecule has 21 heavy (non-hydrogen) atoms. The second kappa shape index (κ2) is 9.53. The van der Waals surface area contributed by atoms with Crippen LogP contribution in [-0.2, 0) is 0 Å². The summed E-state index contributed by atoms with van der Waals surface area (Å²) in [6.07, 6.45) is 8.79. The van der Waals surface area contributed by atoms with Gasteiger partial charge in [-0.15, -0.1) is 12.4 Å². The van der Waals surface area contributed by atoms with Crippen molar-refractivity contribution in [3.8, 4) is 0 Å². The van der Waals surface area contributed by atoms with Crippen molar-refractivity contribution in [2.45, 2.75) is 39.2 Å². The molecular formula is C15H22Cl2N4. The number of nitrogens with zero attached hydrogens (tertiary/aromatic N) is 3. The molecule has 2 heterocycles. The monoisotopic (exact) mass is 328 g/mol.